The van der Waals surface area contributed by atoms with Crippen LogP contribution in [0.25, 0.3) is 0 Å². The second-order valence-electron chi connectivity index (χ2n) is 5.58. The largest absolute Gasteiger partial charge is 0.330 e. The molecule has 96 valence electrons. The van der Waals surface area contributed by atoms with Gasteiger partial charge in [-0.05, 0) is 44.1 Å². The SMILES string of the molecule is CC(C)CCc1c(CCN)nnn1CC1CC1. The van der Waals surface area contributed by atoms with E-state index in [2.05, 4.69) is 28.8 Å². The molecule has 0 saturated heterocycles. The summed E-state index contributed by atoms with van der Waals surface area (Å²) < 4.78 is 2.13. The minimum atomic E-state index is 0.663. The molecule has 0 radical (unpaired) electrons. The molecule has 1 saturated carbocycles. The van der Waals surface area contributed by atoms with Gasteiger partial charge in [0.2, 0.25) is 0 Å². The number of hydrogen-bond acceptors (Lipinski definition) is 3. The Morgan fingerprint density at radius 3 is 2.71 bits per heavy atom. The first-order valence-electron chi connectivity index (χ1n) is 6.82. The predicted octanol–water partition coefficient (Wildman–Crippen LogP) is 1.78. The molecule has 1 aliphatic carbocycles. The minimum Gasteiger partial charge on any atom is -0.330 e. The molecule has 1 aliphatic rings. The summed E-state index contributed by atoms with van der Waals surface area (Å²) in [6, 6.07) is 0. The van der Waals surface area contributed by atoms with E-state index in [1.807, 2.05) is 0 Å². The van der Waals surface area contributed by atoms with E-state index in [1.54, 1.807) is 0 Å². The van der Waals surface area contributed by atoms with Crippen molar-refractivity contribution in [3.8, 4) is 0 Å². The van der Waals surface area contributed by atoms with Crippen LogP contribution in [0.1, 0.15) is 44.5 Å². The van der Waals surface area contributed by atoms with Crippen LogP contribution in [-0.2, 0) is 19.4 Å². The van der Waals surface area contributed by atoms with Crippen molar-refractivity contribution >= 4 is 0 Å². The first-order valence-corrected chi connectivity index (χ1v) is 6.82. The Kier molecular flexibility index (Phi) is 4.15. The van der Waals surface area contributed by atoms with Crippen molar-refractivity contribution in [2.45, 2.75) is 52.5 Å². The molecule has 1 heterocycles. The van der Waals surface area contributed by atoms with Gasteiger partial charge in [0.15, 0.2) is 0 Å². The molecular weight excluding hydrogens is 212 g/mol. The van der Waals surface area contributed by atoms with Gasteiger partial charge in [0.05, 0.1) is 11.4 Å². The van der Waals surface area contributed by atoms with Gasteiger partial charge in [-0.3, -0.25) is 0 Å². The van der Waals surface area contributed by atoms with Gasteiger partial charge in [0.25, 0.3) is 0 Å². The van der Waals surface area contributed by atoms with Crippen molar-refractivity contribution in [3.63, 3.8) is 0 Å². The van der Waals surface area contributed by atoms with Crippen molar-refractivity contribution in [3.05, 3.63) is 11.4 Å². The van der Waals surface area contributed by atoms with Crippen LogP contribution in [-0.4, -0.2) is 21.5 Å². The molecule has 1 aromatic heterocycles. The smallest absolute Gasteiger partial charge is 0.0871 e. The van der Waals surface area contributed by atoms with Gasteiger partial charge in [-0.1, -0.05) is 19.1 Å². The summed E-state index contributed by atoms with van der Waals surface area (Å²) in [4.78, 5) is 0. The van der Waals surface area contributed by atoms with Crippen LogP contribution < -0.4 is 5.73 Å². The summed E-state index contributed by atoms with van der Waals surface area (Å²) in [6.45, 7) is 6.25. The molecule has 0 amide bonds. The first-order chi connectivity index (χ1) is 8.20. The first kappa shape index (κ1) is 12.6. The van der Waals surface area contributed by atoms with Crippen LogP contribution in [0.4, 0.5) is 0 Å². The average Bonchev–Trinajstić information content (AvgIpc) is 3.00. The van der Waals surface area contributed by atoms with E-state index in [0.717, 1.165) is 36.9 Å². The highest BCUT2D eigenvalue weighted by Gasteiger charge is 2.24. The molecule has 2 N–H and O–H groups in total. The lowest BCUT2D eigenvalue weighted by Gasteiger charge is -2.09. The quantitative estimate of drug-likeness (QED) is 0.785. The van der Waals surface area contributed by atoms with E-state index in [0.29, 0.717) is 6.54 Å². The third-order valence-electron chi connectivity index (χ3n) is 3.39. The molecule has 0 aromatic carbocycles. The van der Waals surface area contributed by atoms with E-state index in [-0.39, 0.29) is 0 Å². The second-order valence-corrected chi connectivity index (χ2v) is 5.58. The maximum Gasteiger partial charge on any atom is 0.0871 e. The van der Waals surface area contributed by atoms with Gasteiger partial charge in [0, 0.05) is 13.0 Å². The van der Waals surface area contributed by atoms with Crippen molar-refractivity contribution in [2.75, 3.05) is 6.54 Å². The van der Waals surface area contributed by atoms with E-state index >= 15 is 0 Å². The van der Waals surface area contributed by atoms with E-state index < -0.39 is 0 Å². The summed E-state index contributed by atoms with van der Waals surface area (Å²) in [6.07, 6.45) is 5.87. The van der Waals surface area contributed by atoms with Gasteiger partial charge in [-0.25, -0.2) is 4.68 Å². The molecule has 0 aliphatic heterocycles. The van der Waals surface area contributed by atoms with E-state index in [4.69, 9.17) is 5.73 Å². The standard InChI is InChI=1S/C13H24N4/c1-10(2)3-6-13-12(7-8-14)15-16-17(13)9-11-4-5-11/h10-11H,3-9,14H2,1-2H3. The molecule has 1 aromatic rings. The summed E-state index contributed by atoms with van der Waals surface area (Å²) in [5.74, 6) is 1.57. The Hall–Kier alpha value is -0.900. The van der Waals surface area contributed by atoms with Crippen LogP contribution >= 0.6 is 0 Å². The fourth-order valence-corrected chi connectivity index (χ4v) is 2.09. The summed E-state index contributed by atoms with van der Waals surface area (Å²) in [7, 11) is 0. The lowest BCUT2D eigenvalue weighted by Crippen LogP contribution is -2.10. The monoisotopic (exact) mass is 236 g/mol. The highest BCUT2D eigenvalue weighted by molar-refractivity contribution is 5.11. The molecular formula is C13H24N4. The topological polar surface area (TPSA) is 56.7 Å². The van der Waals surface area contributed by atoms with Crippen molar-refractivity contribution < 1.29 is 0 Å². The van der Waals surface area contributed by atoms with Crippen molar-refractivity contribution in [2.24, 2.45) is 17.6 Å². The zero-order chi connectivity index (χ0) is 12.3. The lowest BCUT2D eigenvalue weighted by atomic mass is 10.0. The van der Waals surface area contributed by atoms with Crippen molar-refractivity contribution in [1.29, 1.82) is 0 Å². The molecule has 0 bridgehead atoms. The van der Waals surface area contributed by atoms with Gasteiger partial charge < -0.3 is 5.73 Å². The second kappa shape index (κ2) is 5.63. The predicted molar refractivity (Wildman–Crippen MR) is 68.7 cm³/mol. The Bertz CT molecular complexity index is 352. The fourth-order valence-electron chi connectivity index (χ4n) is 2.09. The Balaban J connectivity index is 2.06. The Morgan fingerprint density at radius 1 is 1.35 bits per heavy atom. The number of rotatable bonds is 7. The van der Waals surface area contributed by atoms with Crippen LogP contribution in [0.2, 0.25) is 0 Å². The van der Waals surface area contributed by atoms with Gasteiger partial charge in [-0.15, -0.1) is 5.10 Å². The third-order valence-corrected chi connectivity index (χ3v) is 3.39. The van der Waals surface area contributed by atoms with E-state index in [1.165, 1.54) is 25.0 Å². The van der Waals surface area contributed by atoms with Gasteiger partial charge >= 0.3 is 0 Å². The number of nitrogens with zero attached hydrogens (tertiary/aromatic N) is 3. The highest BCUT2D eigenvalue weighted by Crippen LogP contribution is 2.31. The maximum atomic E-state index is 5.63. The normalized spacial score (nSPS) is 15.8. The highest BCUT2D eigenvalue weighted by atomic mass is 15.4. The molecule has 0 atom stereocenters. The summed E-state index contributed by atoms with van der Waals surface area (Å²) >= 11 is 0. The van der Waals surface area contributed by atoms with Crippen LogP contribution in [0.5, 0.6) is 0 Å². The molecule has 4 heteroatoms. The number of nitrogens with two attached hydrogens (primary N) is 1. The molecule has 0 spiro atoms. The Morgan fingerprint density at radius 2 is 2.12 bits per heavy atom. The van der Waals surface area contributed by atoms with Crippen molar-refractivity contribution in [1.82, 2.24) is 15.0 Å². The van der Waals surface area contributed by atoms with Gasteiger partial charge in [-0.2, -0.15) is 0 Å². The Labute approximate surface area is 104 Å². The molecule has 4 nitrogen and oxygen atoms in total. The zero-order valence-corrected chi connectivity index (χ0v) is 11.0. The van der Waals surface area contributed by atoms with E-state index in [9.17, 15) is 0 Å². The summed E-state index contributed by atoms with van der Waals surface area (Å²) in [5, 5.41) is 8.60. The van der Waals surface area contributed by atoms with Crippen LogP contribution in [0, 0.1) is 11.8 Å². The zero-order valence-electron chi connectivity index (χ0n) is 11.0. The van der Waals surface area contributed by atoms with Crippen LogP contribution in [0.15, 0.2) is 0 Å². The molecule has 17 heavy (non-hydrogen) atoms. The fraction of sp³-hybridized carbons (Fsp3) is 0.846. The number of aromatic nitrogens is 3. The lowest BCUT2D eigenvalue weighted by molar-refractivity contribution is 0.502. The average molecular weight is 236 g/mol. The molecule has 2 rings (SSSR count). The molecule has 1 fully saturated rings. The maximum absolute atomic E-state index is 5.63. The minimum absolute atomic E-state index is 0.663. The summed E-state index contributed by atoms with van der Waals surface area (Å²) in [5.41, 5.74) is 8.08. The third kappa shape index (κ3) is 3.53. The van der Waals surface area contributed by atoms with Gasteiger partial charge in [0.1, 0.15) is 0 Å². The van der Waals surface area contributed by atoms with Crippen LogP contribution in [0.3, 0.4) is 0 Å². The number of hydrogen-bond donors (Lipinski definition) is 1. The molecule has 0 unspecified atom stereocenters.